The molecule has 2 heterocycles. The highest BCUT2D eigenvalue weighted by Crippen LogP contribution is 2.21. The second kappa shape index (κ2) is 4.00. The van der Waals surface area contributed by atoms with Crippen molar-refractivity contribution in [3.8, 4) is 5.95 Å². The zero-order valence-electron chi connectivity index (χ0n) is 9.94. The molecule has 2 N–H and O–H groups in total. The molecular weight excluding hydrogens is 202 g/mol. The SMILES string of the molecule is CCc1nn(-c2nccn2C)c(CC)c1N. The maximum Gasteiger partial charge on any atom is 0.230 e. The number of anilines is 1. The van der Waals surface area contributed by atoms with Gasteiger partial charge in [0, 0.05) is 19.4 Å². The minimum absolute atomic E-state index is 0.799. The summed E-state index contributed by atoms with van der Waals surface area (Å²) in [7, 11) is 1.95. The van der Waals surface area contributed by atoms with E-state index in [-0.39, 0.29) is 0 Å². The Bertz CT molecular complexity index is 494. The number of nitrogen functional groups attached to an aromatic ring is 1. The molecule has 0 saturated carbocycles. The number of nitrogens with two attached hydrogens (primary N) is 1. The van der Waals surface area contributed by atoms with Crippen LogP contribution in [0.4, 0.5) is 5.69 Å². The smallest absolute Gasteiger partial charge is 0.230 e. The van der Waals surface area contributed by atoms with Gasteiger partial charge in [-0.3, -0.25) is 0 Å². The van der Waals surface area contributed by atoms with E-state index in [1.54, 1.807) is 6.20 Å². The van der Waals surface area contributed by atoms with Gasteiger partial charge in [-0.1, -0.05) is 13.8 Å². The van der Waals surface area contributed by atoms with Gasteiger partial charge in [-0.25, -0.2) is 9.67 Å². The molecule has 0 spiro atoms. The number of aryl methyl sites for hydroxylation is 2. The van der Waals surface area contributed by atoms with Crippen LogP contribution in [0.1, 0.15) is 25.2 Å². The maximum atomic E-state index is 6.06. The predicted molar refractivity (Wildman–Crippen MR) is 63.5 cm³/mol. The van der Waals surface area contributed by atoms with Crippen molar-refractivity contribution in [2.75, 3.05) is 5.73 Å². The zero-order valence-corrected chi connectivity index (χ0v) is 9.94. The average molecular weight is 219 g/mol. The van der Waals surface area contributed by atoms with Crippen LogP contribution in [-0.2, 0) is 19.9 Å². The molecule has 0 aliphatic rings. The van der Waals surface area contributed by atoms with E-state index in [0.717, 1.165) is 35.9 Å². The van der Waals surface area contributed by atoms with E-state index in [0.29, 0.717) is 0 Å². The van der Waals surface area contributed by atoms with Crippen LogP contribution in [0.2, 0.25) is 0 Å². The van der Waals surface area contributed by atoms with Gasteiger partial charge in [-0.05, 0) is 12.8 Å². The molecule has 0 atom stereocenters. The Kier molecular flexibility index (Phi) is 2.68. The molecule has 0 unspecified atom stereocenters. The highest BCUT2D eigenvalue weighted by atomic mass is 15.4. The summed E-state index contributed by atoms with van der Waals surface area (Å²) in [5.41, 5.74) is 8.84. The third kappa shape index (κ3) is 1.48. The topological polar surface area (TPSA) is 61.7 Å². The van der Waals surface area contributed by atoms with Crippen molar-refractivity contribution in [2.45, 2.75) is 26.7 Å². The number of nitrogens with zero attached hydrogens (tertiary/aromatic N) is 4. The third-order valence-electron chi connectivity index (χ3n) is 2.75. The van der Waals surface area contributed by atoms with Crippen LogP contribution in [0.25, 0.3) is 5.95 Å². The quantitative estimate of drug-likeness (QED) is 0.846. The molecule has 0 aromatic carbocycles. The molecule has 0 radical (unpaired) electrons. The Morgan fingerprint density at radius 2 is 2.06 bits per heavy atom. The largest absolute Gasteiger partial charge is 0.396 e. The first kappa shape index (κ1) is 10.7. The Morgan fingerprint density at radius 1 is 1.31 bits per heavy atom. The van der Waals surface area contributed by atoms with Crippen molar-refractivity contribution in [3.05, 3.63) is 23.8 Å². The summed E-state index contributed by atoms with van der Waals surface area (Å²) in [5, 5.41) is 4.51. The van der Waals surface area contributed by atoms with Crippen LogP contribution in [0.15, 0.2) is 12.4 Å². The molecule has 5 nitrogen and oxygen atoms in total. The Morgan fingerprint density at radius 3 is 2.56 bits per heavy atom. The molecule has 0 bridgehead atoms. The summed E-state index contributed by atoms with van der Waals surface area (Å²) in [4.78, 5) is 4.29. The minimum Gasteiger partial charge on any atom is -0.396 e. The monoisotopic (exact) mass is 219 g/mol. The lowest BCUT2D eigenvalue weighted by Crippen LogP contribution is -2.08. The van der Waals surface area contributed by atoms with Gasteiger partial charge in [0.2, 0.25) is 5.95 Å². The van der Waals surface area contributed by atoms with E-state index in [4.69, 9.17) is 5.73 Å². The van der Waals surface area contributed by atoms with Crippen molar-refractivity contribution in [3.63, 3.8) is 0 Å². The minimum atomic E-state index is 0.799. The fraction of sp³-hybridized carbons (Fsp3) is 0.455. The lowest BCUT2D eigenvalue weighted by atomic mass is 10.2. The standard InChI is InChI=1S/C11H17N5/c1-4-8-10(12)9(5-2)16(14-8)11-13-6-7-15(11)3/h6-7H,4-5,12H2,1-3H3. The maximum absolute atomic E-state index is 6.06. The number of rotatable bonds is 3. The van der Waals surface area contributed by atoms with E-state index in [9.17, 15) is 0 Å². The summed E-state index contributed by atoms with van der Waals surface area (Å²) in [6, 6.07) is 0. The first-order valence-corrected chi connectivity index (χ1v) is 5.52. The Labute approximate surface area is 94.9 Å². The van der Waals surface area contributed by atoms with E-state index >= 15 is 0 Å². The summed E-state index contributed by atoms with van der Waals surface area (Å²) in [5.74, 6) is 0.809. The first-order valence-electron chi connectivity index (χ1n) is 5.52. The van der Waals surface area contributed by atoms with E-state index < -0.39 is 0 Å². The van der Waals surface area contributed by atoms with Crippen LogP contribution in [0, 0.1) is 0 Å². The lowest BCUT2D eigenvalue weighted by Gasteiger charge is -2.05. The Balaban J connectivity index is 2.61. The molecule has 5 heteroatoms. The fourth-order valence-corrected chi connectivity index (χ4v) is 1.84. The highest BCUT2D eigenvalue weighted by Gasteiger charge is 2.15. The van der Waals surface area contributed by atoms with E-state index in [2.05, 4.69) is 23.9 Å². The average Bonchev–Trinajstić information content (AvgIpc) is 2.82. The summed E-state index contributed by atoms with van der Waals surface area (Å²) >= 11 is 0. The van der Waals surface area contributed by atoms with Crippen LogP contribution < -0.4 is 5.73 Å². The van der Waals surface area contributed by atoms with Gasteiger partial charge in [-0.2, -0.15) is 5.10 Å². The second-order valence-electron chi connectivity index (χ2n) is 3.76. The molecular formula is C11H17N5. The molecule has 2 rings (SSSR count). The van der Waals surface area contributed by atoms with Gasteiger partial charge in [0.05, 0.1) is 17.1 Å². The highest BCUT2D eigenvalue weighted by molar-refractivity contribution is 5.50. The molecule has 2 aromatic heterocycles. The van der Waals surface area contributed by atoms with Crippen molar-refractivity contribution >= 4 is 5.69 Å². The Hall–Kier alpha value is -1.78. The number of hydrogen-bond acceptors (Lipinski definition) is 3. The van der Waals surface area contributed by atoms with E-state index in [1.807, 2.05) is 22.5 Å². The summed E-state index contributed by atoms with van der Waals surface area (Å²) < 4.78 is 3.78. The van der Waals surface area contributed by atoms with Gasteiger partial charge in [0.1, 0.15) is 0 Å². The molecule has 86 valence electrons. The first-order chi connectivity index (χ1) is 7.69. The van der Waals surface area contributed by atoms with Crippen molar-refractivity contribution in [2.24, 2.45) is 7.05 Å². The van der Waals surface area contributed by atoms with Gasteiger partial charge >= 0.3 is 0 Å². The zero-order chi connectivity index (χ0) is 11.7. The molecule has 0 aliphatic heterocycles. The van der Waals surface area contributed by atoms with Crippen molar-refractivity contribution < 1.29 is 0 Å². The van der Waals surface area contributed by atoms with Gasteiger partial charge < -0.3 is 10.3 Å². The fourth-order valence-electron chi connectivity index (χ4n) is 1.84. The molecule has 0 saturated heterocycles. The van der Waals surface area contributed by atoms with Gasteiger partial charge in [0.25, 0.3) is 0 Å². The van der Waals surface area contributed by atoms with Crippen molar-refractivity contribution in [1.82, 2.24) is 19.3 Å². The normalized spacial score (nSPS) is 10.9. The molecule has 0 aliphatic carbocycles. The summed E-state index contributed by atoms with van der Waals surface area (Å²) in [6.45, 7) is 4.13. The molecule has 0 fully saturated rings. The van der Waals surface area contributed by atoms with Crippen LogP contribution in [-0.4, -0.2) is 19.3 Å². The van der Waals surface area contributed by atoms with Crippen molar-refractivity contribution in [1.29, 1.82) is 0 Å². The third-order valence-corrected chi connectivity index (χ3v) is 2.75. The van der Waals surface area contributed by atoms with Crippen LogP contribution in [0.3, 0.4) is 0 Å². The number of imidazole rings is 1. The van der Waals surface area contributed by atoms with Gasteiger partial charge in [-0.15, -0.1) is 0 Å². The molecule has 0 amide bonds. The second-order valence-corrected chi connectivity index (χ2v) is 3.76. The van der Waals surface area contributed by atoms with E-state index in [1.165, 1.54) is 0 Å². The predicted octanol–water partition coefficient (Wildman–Crippen LogP) is 1.31. The van der Waals surface area contributed by atoms with Gasteiger partial charge in [0.15, 0.2) is 0 Å². The van der Waals surface area contributed by atoms with Crippen LogP contribution in [0.5, 0.6) is 0 Å². The van der Waals surface area contributed by atoms with Crippen LogP contribution >= 0.6 is 0 Å². The number of aromatic nitrogens is 4. The molecule has 16 heavy (non-hydrogen) atoms. The summed E-state index contributed by atoms with van der Waals surface area (Å²) in [6.07, 6.45) is 5.36. The number of hydrogen-bond donors (Lipinski definition) is 1. The lowest BCUT2D eigenvalue weighted by molar-refractivity contribution is 0.708. The molecule has 2 aromatic rings.